The van der Waals surface area contributed by atoms with Crippen LogP contribution in [0, 0.1) is 11.7 Å². The second-order valence-corrected chi connectivity index (χ2v) is 8.63. The SMILES string of the molecule is O=C(c1ccc(F)cc1-c1ncccn1)N1CC2CCC1CC2Nc1ccc(C(F)(F)F)cn1. The maximum absolute atomic E-state index is 14.0. The molecule has 3 unspecified atom stereocenters. The van der Waals surface area contributed by atoms with Gasteiger partial charge in [0, 0.05) is 42.8 Å². The molecule has 3 fully saturated rings. The second-order valence-electron chi connectivity index (χ2n) is 8.63. The Kier molecular flexibility index (Phi) is 5.66. The van der Waals surface area contributed by atoms with E-state index in [1.54, 1.807) is 6.07 Å². The van der Waals surface area contributed by atoms with Crippen molar-refractivity contribution < 1.29 is 22.4 Å². The molecule has 3 atom stereocenters. The van der Waals surface area contributed by atoms with Crippen molar-refractivity contribution in [2.45, 2.75) is 37.5 Å². The topological polar surface area (TPSA) is 71.0 Å². The van der Waals surface area contributed by atoms with Crippen molar-refractivity contribution in [1.29, 1.82) is 0 Å². The van der Waals surface area contributed by atoms with Gasteiger partial charge >= 0.3 is 6.18 Å². The number of benzene rings is 1. The summed E-state index contributed by atoms with van der Waals surface area (Å²) >= 11 is 0. The molecule has 6 nitrogen and oxygen atoms in total. The number of hydrogen-bond donors (Lipinski definition) is 1. The highest BCUT2D eigenvalue weighted by molar-refractivity contribution is 6.00. The van der Waals surface area contributed by atoms with Gasteiger partial charge in [0.1, 0.15) is 11.6 Å². The summed E-state index contributed by atoms with van der Waals surface area (Å²) in [6, 6.07) is 7.93. The summed E-state index contributed by atoms with van der Waals surface area (Å²) in [5.74, 6) is 0.0940. The van der Waals surface area contributed by atoms with Crippen molar-refractivity contribution in [3.63, 3.8) is 0 Å². The molecule has 6 rings (SSSR count). The van der Waals surface area contributed by atoms with Gasteiger partial charge in [-0.05, 0) is 61.6 Å². The monoisotopic (exact) mass is 471 g/mol. The summed E-state index contributed by atoms with van der Waals surface area (Å²) in [6.07, 6.45) is 1.84. The minimum Gasteiger partial charge on any atom is -0.367 e. The molecule has 1 N–H and O–H groups in total. The van der Waals surface area contributed by atoms with Crippen LogP contribution in [0.1, 0.15) is 35.2 Å². The maximum Gasteiger partial charge on any atom is 0.417 e. The van der Waals surface area contributed by atoms with Gasteiger partial charge in [-0.3, -0.25) is 4.79 Å². The number of rotatable bonds is 4. The lowest BCUT2D eigenvalue weighted by atomic mass is 9.75. The average Bonchev–Trinajstić information content (AvgIpc) is 2.84. The van der Waals surface area contributed by atoms with E-state index in [9.17, 15) is 22.4 Å². The Bertz CT molecular complexity index is 1190. The number of aromatic nitrogens is 3. The smallest absolute Gasteiger partial charge is 0.367 e. The van der Waals surface area contributed by atoms with Gasteiger partial charge in [0.05, 0.1) is 11.1 Å². The van der Waals surface area contributed by atoms with Crippen LogP contribution in [0.3, 0.4) is 0 Å². The van der Waals surface area contributed by atoms with E-state index in [1.807, 2.05) is 4.90 Å². The zero-order chi connectivity index (χ0) is 23.9. The van der Waals surface area contributed by atoms with Crippen LogP contribution in [0.15, 0.2) is 55.0 Å². The zero-order valence-electron chi connectivity index (χ0n) is 18.0. The summed E-state index contributed by atoms with van der Waals surface area (Å²) in [4.78, 5) is 27.6. The molecule has 1 aliphatic carbocycles. The van der Waals surface area contributed by atoms with E-state index in [0.717, 1.165) is 25.1 Å². The molecule has 0 spiro atoms. The van der Waals surface area contributed by atoms with Crippen LogP contribution in [-0.4, -0.2) is 44.4 Å². The lowest BCUT2D eigenvalue weighted by molar-refractivity contribution is -0.137. The summed E-state index contributed by atoms with van der Waals surface area (Å²) in [6.45, 7) is 0.494. The third-order valence-electron chi connectivity index (χ3n) is 6.54. The number of alkyl halides is 3. The minimum absolute atomic E-state index is 0.00261. The van der Waals surface area contributed by atoms with E-state index < -0.39 is 17.6 Å². The first-order valence-corrected chi connectivity index (χ1v) is 11.0. The molecular formula is C24H21F4N5O. The summed E-state index contributed by atoms with van der Waals surface area (Å²) in [5.41, 5.74) is -0.109. The van der Waals surface area contributed by atoms with Crippen molar-refractivity contribution in [2.24, 2.45) is 5.92 Å². The number of fused-ring (bicyclic) bond motifs is 3. The molecule has 0 radical (unpaired) electrons. The molecule has 10 heteroatoms. The first-order valence-electron chi connectivity index (χ1n) is 11.0. The van der Waals surface area contributed by atoms with Crippen LogP contribution in [0.2, 0.25) is 0 Å². The lowest BCUT2D eigenvalue weighted by Gasteiger charge is -2.49. The van der Waals surface area contributed by atoms with E-state index in [-0.39, 0.29) is 29.7 Å². The Morgan fingerprint density at radius 1 is 1.06 bits per heavy atom. The molecular weight excluding hydrogens is 450 g/mol. The fraction of sp³-hybridized carbons (Fsp3) is 0.333. The third kappa shape index (κ3) is 4.32. The minimum atomic E-state index is -4.43. The summed E-state index contributed by atoms with van der Waals surface area (Å²) < 4.78 is 52.4. The van der Waals surface area contributed by atoms with Gasteiger partial charge < -0.3 is 10.2 Å². The van der Waals surface area contributed by atoms with Gasteiger partial charge in [-0.2, -0.15) is 13.2 Å². The maximum atomic E-state index is 14.0. The zero-order valence-corrected chi connectivity index (χ0v) is 18.0. The molecule has 3 aromatic rings. The van der Waals surface area contributed by atoms with E-state index in [0.29, 0.717) is 29.9 Å². The predicted octanol–water partition coefficient (Wildman–Crippen LogP) is 4.80. The summed E-state index contributed by atoms with van der Waals surface area (Å²) in [7, 11) is 0. The van der Waals surface area contributed by atoms with Crippen molar-refractivity contribution in [1.82, 2.24) is 19.9 Å². The van der Waals surface area contributed by atoms with Gasteiger partial charge in [0.25, 0.3) is 5.91 Å². The third-order valence-corrected chi connectivity index (χ3v) is 6.54. The van der Waals surface area contributed by atoms with E-state index in [2.05, 4.69) is 20.3 Å². The molecule has 2 bridgehead atoms. The molecule has 176 valence electrons. The standard InChI is InChI=1S/C24H21F4N5O/c25-16-4-6-18(19(10-16)22-29-8-1-9-30-22)23(34)33-13-14-2-5-17(33)11-20(14)32-21-7-3-15(12-31-21)24(26,27)28/h1,3-4,6-10,12,14,17,20H,2,5,11,13H2,(H,31,32). The predicted molar refractivity (Wildman–Crippen MR) is 116 cm³/mol. The van der Waals surface area contributed by atoms with E-state index in [4.69, 9.17) is 0 Å². The van der Waals surface area contributed by atoms with Crippen LogP contribution in [-0.2, 0) is 6.18 Å². The first-order chi connectivity index (χ1) is 16.3. The number of amides is 1. The Balaban J connectivity index is 1.33. The fourth-order valence-corrected chi connectivity index (χ4v) is 4.86. The molecule has 1 aromatic carbocycles. The molecule has 3 aliphatic rings. The molecule has 2 saturated heterocycles. The van der Waals surface area contributed by atoms with Gasteiger partial charge in [-0.25, -0.2) is 19.3 Å². The largest absolute Gasteiger partial charge is 0.417 e. The number of piperidine rings is 2. The Morgan fingerprint density at radius 2 is 1.85 bits per heavy atom. The number of anilines is 1. The average molecular weight is 471 g/mol. The first kappa shape index (κ1) is 22.2. The number of nitrogens with zero attached hydrogens (tertiary/aromatic N) is 4. The number of carbonyl (C=O) groups is 1. The number of nitrogens with one attached hydrogen (secondary N) is 1. The molecule has 1 saturated carbocycles. The van der Waals surface area contributed by atoms with Gasteiger partial charge in [0.15, 0.2) is 5.82 Å². The van der Waals surface area contributed by atoms with Crippen LogP contribution in [0.25, 0.3) is 11.4 Å². The van der Waals surface area contributed by atoms with E-state index in [1.165, 1.54) is 36.7 Å². The van der Waals surface area contributed by atoms with Crippen molar-refractivity contribution in [3.8, 4) is 11.4 Å². The van der Waals surface area contributed by atoms with Gasteiger partial charge in [-0.1, -0.05) is 0 Å². The number of pyridine rings is 1. The quantitative estimate of drug-likeness (QED) is 0.554. The number of hydrogen-bond acceptors (Lipinski definition) is 5. The van der Waals surface area contributed by atoms with Crippen LogP contribution < -0.4 is 5.32 Å². The second kappa shape index (κ2) is 8.66. The molecule has 4 heterocycles. The molecule has 34 heavy (non-hydrogen) atoms. The van der Waals surface area contributed by atoms with Crippen molar-refractivity contribution in [3.05, 3.63) is 71.9 Å². The van der Waals surface area contributed by atoms with Gasteiger partial charge in [0.2, 0.25) is 0 Å². The van der Waals surface area contributed by atoms with Crippen LogP contribution in [0.5, 0.6) is 0 Å². The highest BCUT2D eigenvalue weighted by Crippen LogP contribution is 2.38. The highest BCUT2D eigenvalue weighted by Gasteiger charge is 2.43. The Hall–Kier alpha value is -3.56. The normalized spacial score (nSPS) is 22.0. The van der Waals surface area contributed by atoms with E-state index >= 15 is 0 Å². The molecule has 2 aromatic heterocycles. The van der Waals surface area contributed by atoms with Crippen molar-refractivity contribution >= 4 is 11.7 Å². The number of carbonyl (C=O) groups excluding carboxylic acids is 1. The van der Waals surface area contributed by atoms with Gasteiger partial charge in [-0.15, -0.1) is 0 Å². The lowest BCUT2D eigenvalue weighted by Crippen LogP contribution is -2.58. The van der Waals surface area contributed by atoms with Crippen molar-refractivity contribution in [2.75, 3.05) is 11.9 Å². The van der Waals surface area contributed by atoms with Crippen LogP contribution >= 0.6 is 0 Å². The Labute approximate surface area is 193 Å². The summed E-state index contributed by atoms with van der Waals surface area (Å²) in [5, 5.41) is 3.25. The molecule has 1 amide bonds. The highest BCUT2D eigenvalue weighted by atomic mass is 19.4. The number of halogens is 4. The fourth-order valence-electron chi connectivity index (χ4n) is 4.86. The Morgan fingerprint density at radius 3 is 2.50 bits per heavy atom. The van der Waals surface area contributed by atoms with Crippen LogP contribution in [0.4, 0.5) is 23.4 Å². The molecule has 2 aliphatic heterocycles.